The molecule has 0 aliphatic heterocycles. The van der Waals surface area contributed by atoms with Crippen molar-refractivity contribution in [2.75, 3.05) is 19.4 Å². The maximum atomic E-state index is 11.4. The second-order valence-electron chi connectivity index (χ2n) is 4.90. The molecule has 5 nitrogen and oxygen atoms in total. The van der Waals surface area contributed by atoms with Gasteiger partial charge >= 0.3 is 5.97 Å². The van der Waals surface area contributed by atoms with Crippen LogP contribution < -0.4 is 10.6 Å². The number of carbonyl (C=O) groups is 1. The van der Waals surface area contributed by atoms with Crippen LogP contribution in [0.1, 0.15) is 12.2 Å². The maximum absolute atomic E-state index is 11.4. The van der Waals surface area contributed by atoms with Crippen LogP contribution in [-0.2, 0) is 15.3 Å². The lowest BCUT2D eigenvalue weighted by Crippen LogP contribution is -2.36. The van der Waals surface area contributed by atoms with Crippen LogP contribution in [0.15, 0.2) is 46.7 Å². The number of methoxy groups -OCH3 is 1. The molecule has 1 heterocycles. The van der Waals surface area contributed by atoms with Crippen LogP contribution in [0, 0.1) is 5.92 Å². The molecule has 124 valence electrons. The molecule has 1 aromatic heterocycles. The average molecular weight is 352 g/mol. The maximum Gasteiger partial charge on any atom is 0.312 e. The number of esters is 1. The fourth-order valence-electron chi connectivity index (χ4n) is 2.02. The van der Waals surface area contributed by atoms with E-state index in [-0.39, 0.29) is 11.9 Å². The smallest absolute Gasteiger partial charge is 0.312 e. The summed E-state index contributed by atoms with van der Waals surface area (Å²) in [6.45, 7) is 0.777. The number of thioether (sulfide) groups is 1. The average Bonchev–Trinajstić information content (AvgIpc) is 3.08. The van der Waals surface area contributed by atoms with E-state index in [0.717, 1.165) is 29.5 Å². The minimum atomic E-state index is -0.217. The van der Waals surface area contributed by atoms with Gasteiger partial charge in [0.1, 0.15) is 5.76 Å². The Balaban J connectivity index is 1.59. The van der Waals surface area contributed by atoms with Crippen molar-refractivity contribution in [1.82, 2.24) is 10.6 Å². The topological polar surface area (TPSA) is 63.5 Å². The normalized spacial score (nSPS) is 16.6. The van der Waals surface area contributed by atoms with E-state index in [1.165, 1.54) is 7.11 Å². The Morgan fingerprint density at radius 1 is 1.57 bits per heavy atom. The Bertz CT molecular complexity index is 582. The minimum Gasteiger partial charge on any atom is -0.469 e. The number of rotatable bonds is 7. The van der Waals surface area contributed by atoms with Gasteiger partial charge < -0.3 is 19.8 Å². The molecule has 0 aromatic carbocycles. The summed E-state index contributed by atoms with van der Waals surface area (Å²) in [5.74, 6) is 2.35. The van der Waals surface area contributed by atoms with Crippen LogP contribution in [0.3, 0.4) is 0 Å². The van der Waals surface area contributed by atoms with Gasteiger partial charge in [0, 0.05) is 18.0 Å². The Morgan fingerprint density at radius 2 is 2.43 bits per heavy atom. The van der Waals surface area contributed by atoms with Crippen molar-refractivity contribution in [2.24, 2.45) is 5.92 Å². The van der Waals surface area contributed by atoms with Crippen molar-refractivity contribution in [3.05, 3.63) is 48.1 Å². The van der Waals surface area contributed by atoms with Gasteiger partial charge in [-0.25, -0.2) is 0 Å². The first kappa shape index (κ1) is 17.6. The van der Waals surface area contributed by atoms with E-state index in [1.54, 1.807) is 18.0 Å². The molecule has 2 rings (SSSR count). The molecular formula is C16H20N2O3S2. The van der Waals surface area contributed by atoms with E-state index >= 15 is 0 Å². The zero-order valence-electron chi connectivity index (χ0n) is 12.9. The van der Waals surface area contributed by atoms with E-state index in [2.05, 4.69) is 10.6 Å². The minimum absolute atomic E-state index is 0.204. The quantitative estimate of drug-likeness (QED) is 0.444. The van der Waals surface area contributed by atoms with Crippen molar-refractivity contribution in [2.45, 2.75) is 12.2 Å². The summed E-state index contributed by atoms with van der Waals surface area (Å²) in [5, 5.41) is 6.85. The first-order valence-corrected chi connectivity index (χ1v) is 8.86. The van der Waals surface area contributed by atoms with Gasteiger partial charge in [-0.2, -0.15) is 11.8 Å². The Morgan fingerprint density at radius 3 is 3.09 bits per heavy atom. The first-order chi connectivity index (χ1) is 11.2. The van der Waals surface area contributed by atoms with Crippen molar-refractivity contribution < 1.29 is 13.9 Å². The predicted octanol–water partition coefficient (Wildman–Crippen LogP) is 2.61. The monoisotopic (exact) mass is 352 g/mol. The van der Waals surface area contributed by atoms with Gasteiger partial charge in [-0.3, -0.25) is 4.79 Å². The summed E-state index contributed by atoms with van der Waals surface area (Å²) >= 11 is 7.03. The Labute approximate surface area is 145 Å². The molecule has 1 aliphatic rings. The molecule has 0 saturated heterocycles. The molecule has 1 aliphatic carbocycles. The lowest BCUT2D eigenvalue weighted by atomic mass is 10.00. The standard InChI is InChI=1S/C16H20N2O3S2/c1-20-15(19)12-4-6-13(7-5-12)18-16(22)17-8-10-23-11-14-3-2-9-21-14/h2-4,6-7,9,12H,5,8,10-11H2,1H3,(H2,17,18,22). The highest BCUT2D eigenvalue weighted by atomic mass is 32.2. The van der Waals surface area contributed by atoms with Crippen LogP contribution >= 0.6 is 24.0 Å². The van der Waals surface area contributed by atoms with Crippen LogP contribution in [-0.4, -0.2) is 30.5 Å². The van der Waals surface area contributed by atoms with E-state index in [1.807, 2.05) is 30.4 Å². The van der Waals surface area contributed by atoms with Gasteiger partial charge in [0.05, 0.1) is 25.0 Å². The number of furan rings is 1. The van der Waals surface area contributed by atoms with Gasteiger partial charge in [0.25, 0.3) is 0 Å². The lowest BCUT2D eigenvalue weighted by molar-refractivity contribution is -0.143. The van der Waals surface area contributed by atoms with Crippen LogP contribution in [0.5, 0.6) is 0 Å². The Kier molecular flexibility index (Phi) is 7.22. The molecule has 7 heteroatoms. The van der Waals surface area contributed by atoms with Gasteiger partial charge in [-0.05, 0) is 36.8 Å². The zero-order valence-corrected chi connectivity index (χ0v) is 14.5. The van der Waals surface area contributed by atoms with Crippen LogP contribution in [0.2, 0.25) is 0 Å². The van der Waals surface area contributed by atoms with E-state index in [0.29, 0.717) is 11.5 Å². The summed E-state index contributed by atoms with van der Waals surface area (Å²) in [7, 11) is 1.40. The highest BCUT2D eigenvalue weighted by Crippen LogP contribution is 2.16. The first-order valence-electron chi connectivity index (χ1n) is 7.30. The van der Waals surface area contributed by atoms with Gasteiger partial charge in [0.15, 0.2) is 5.11 Å². The van der Waals surface area contributed by atoms with Crippen molar-refractivity contribution in [1.29, 1.82) is 0 Å². The van der Waals surface area contributed by atoms with E-state index in [9.17, 15) is 4.79 Å². The molecule has 0 saturated carbocycles. The number of carbonyl (C=O) groups excluding carboxylic acids is 1. The molecule has 0 bridgehead atoms. The number of nitrogens with one attached hydrogen (secondary N) is 2. The van der Waals surface area contributed by atoms with Crippen LogP contribution in [0.25, 0.3) is 0 Å². The third-order valence-corrected chi connectivity index (χ3v) is 4.45. The molecule has 23 heavy (non-hydrogen) atoms. The summed E-state index contributed by atoms with van der Waals surface area (Å²) in [6.07, 6.45) is 7.93. The predicted molar refractivity (Wildman–Crippen MR) is 96.0 cm³/mol. The molecule has 0 radical (unpaired) electrons. The second kappa shape index (κ2) is 9.42. The molecule has 0 spiro atoms. The molecule has 0 amide bonds. The van der Waals surface area contributed by atoms with Gasteiger partial charge in [0.2, 0.25) is 0 Å². The fraction of sp³-hybridized carbons (Fsp3) is 0.375. The summed E-state index contributed by atoms with van der Waals surface area (Å²) in [5.41, 5.74) is 0.894. The van der Waals surface area contributed by atoms with E-state index in [4.69, 9.17) is 21.4 Å². The van der Waals surface area contributed by atoms with E-state index < -0.39 is 0 Å². The highest BCUT2D eigenvalue weighted by molar-refractivity contribution is 7.98. The SMILES string of the molecule is COC(=O)C1C=CC(NC(=S)NCCSCc2ccco2)=CC1. The summed E-state index contributed by atoms with van der Waals surface area (Å²) in [6, 6.07) is 3.86. The third-order valence-electron chi connectivity index (χ3n) is 3.22. The summed E-state index contributed by atoms with van der Waals surface area (Å²) < 4.78 is 9.99. The van der Waals surface area contributed by atoms with Crippen LogP contribution in [0.4, 0.5) is 0 Å². The number of hydrogen-bond acceptors (Lipinski definition) is 5. The highest BCUT2D eigenvalue weighted by Gasteiger charge is 2.17. The fourth-order valence-corrected chi connectivity index (χ4v) is 2.99. The zero-order chi connectivity index (χ0) is 16.5. The number of thiocarbonyl (C=S) groups is 1. The number of hydrogen-bond donors (Lipinski definition) is 2. The largest absolute Gasteiger partial charge is 0.469 e. The third kappa shape index (κ3) is 6.11. The molecule has 1 aromatic rings. The van der Waals surface area contributed by atoms with Crippen molar-refractivity contribution in [3.8, 4) is 0 Å². The van der Waals surface area contributed by atoms with Gasteiger partial charge in [-0.1, -0.05) is 12.2 Å². The number of ether oxygens (including phenoxy) is 1. The molecule has 1 unspecified atom stereocenters. The second-order valence-corrected chi connectivity index (χ2v) is 6.41. The molecule has 0 fully saturated rings. The molecular weight excluding hydrogens is 332 g/mol. The van der Waals surface area contributed by atoms with Crippen molar-refractivity contribution in [3.63, 3.8) is 0 Å². The Hall–Kier alpha value is -1.73. The lowest BCUT2D eigenvalue weighted by Gasteiger charge is -2.16. The molecule has 1 atom stereocenters. The van der Waals surface area contributed by atoms with Gasteiger partial charge in [-0.15, -0.1) is 0 Å². The van der Waals surface area contributed by atoms with Crippen molar-refractivity contribution >= 4 is 35.1 Å². The summed E-state index contributed by atoms with van der Waals surface area (Å²) in [4.78, 5) is 11.4. The number of allylic oxidation sites excluding steroid dienone is 2. The molecule has 2 N–H and O–H groups in total.